The van der Waals surface area contributed by atoms with Crippen LogP contribution < -0.4 is 21.7 Å². The second-order valence-electron chi connectivity index (χ2n) is 9.32. The van der Waals surface area contributed by atoms with Crippen molar-refractivity contribution in [1.29, 1.82) is 0 Å². The Labute approximate surface area is 218 Å². The van der Waals surface area contributed by atoms with Crippen LogP contribution >= 0.6 is 0 Å². The normalized spacial score (nSPS) is 14.4. The topological polar surface area (TPSA) is 215 Å². The number of nitrogens with two attached hydrogens (primary N) is 1. The number of fused-ring (bicyclic) bond motifs is 1. The van der Waals surface area contributed by atoms with Crippen molar-refractivity contribution in [2.24, 2.45) is 11.7 Å². The quantitative estimate of drug-likeness (QED) is 0.140. The molecule has 4 atom stereocenters. The van der Waals surface area contributed by atoms with Gasteiger partial charge in [0.05, 0.1) is 19.0 Å². The van der Waals surface area contributed by atoms with Crippen molar-refractivity contribution < 1.29 is 29.4 Å². The average Bonchev–Trinajstić information content (AvgIpc) is 3.54. The third-order valence-corrected chi connectivity index (χ3v) is 6.11. The summed E-state index contributed by atoms with van der Waals surface area (Å²) in [5, 5.41) is 27.5. The van der Waals surface area contributed by atoms with Crippen LogP contribution in [-0.4, -0.2) is 79.6 Å². The number of hydrogen-bond donors (Lipinski definition) is 8. The van der Waals surface area contributed by atoms with Gasteiger partial charge in [-0.1, -0.05) is 32.0 Å². The fraction of sp³-hybridized carbons (Fsp3) is 0.400. The molecule has 13 nitrogen and oxygen atoms in total. The molecule has 9 N–H and O–H groups in total. The summed E-state index contributed by atoms with van der Waals surface area (Å²) in [7, 11) is 0. The largest absolute Gasteiger partial charge is 0.480 e. The monoisotopic (exact) mass is 527 g/mol. The Bertz CT molecular complexity index is 1260. The molecule has 0 fully saturated rings. The number of H-pyrrole nitrogens is 2. The Kier molecular flexibility index (Phi) is 9.57. The van der Waals surface area contributed by atoms with E-state index in [1.54, 1.807) is 20.0 Å². The summed E-state index contributed by atoms with van der Waals surface area (Å²) in [6, 6.07) is 2.84. The molecule has 3 aromatic rings. The predicted molar refractivity (Wildman–Crippen MR) is 138 cm³/mol. The lowest BCUT2D eigenvalue weighted by Crippen LogP contribution is -2.59. The molecule has 3 amide bonds. The minimum absolute atomic E-state index is 0.0772. The highest BCUT2D eigenvalue weighted by Gasteiger charge is 2.31. The van der Waals surface area contributed by atoms with Gasteiger partial charge in [-0.05, 0) is 24.0 Å². The zero-order valence-corrected chi connectivity index (χ0v) is 21.1. The van der Waals surface area contributed by atoms with E-state index in [-0.39, 0.29) is 18.8 Å². The summed E-state index contributed by atoms with van der Waals surface area (Å²) in [5.41, 5.74) is 8.39. The third kappa shape index (κ3) is 7.17. The van der Waals surface area contributed by atoms with Crippen molar-refractivity contribution >= 4 is 34.6 Å². The fourth-order valence-corrected chi connectivity index (χ4v) is 3.97. The number of para-hydroxylation sites is 1. The minimum Gasteiger partial charge on any atom is -0.480 e. The molecule has 38 heavy (non-hydrogen) atoms. The summed E-state index contributed by atoms with van der Waals surface area (Å²) in [6.07, 6.45) is 4.74. The zero-order valence-electron chi connectivity index (χ0n) is 21.1. The van der Waals surface area contributed by atoms with Crippen molar-refractivity contribution in [1.82, 2.24) is 30.9 Å². The number of hydrogen-bond acceptors (Lipinski definition) is 7. The lowest BCUT2D eigenvalue weighted by molar-refractivity contribution is -0.142. The molecule has 0 saturated heterocycles. The number of aromatic nitrogens is 3. The van der Waals surface area contributed by atoms with Gasteiger partial charge in [0.25, 0.3) is 0 Å². The highest BCUT2D eigenvalue weighted by atomic mass is 16.4. The second-order valence-corrected chi connectivity index (χ2v) is 9.32. The van der Waals surface area contributed by atoms with Crippen LogP contribution in [0.15, 0.2) is 43.0 Å². The SMILES string of the molecule is CC(C)C(NC(=O)C(N)Cc1c[nH]c2ccccc12)C(=O)NC(CO)C(=O)NC(Cc1cnc[nH]1)C(=O)O. The van der Waals surface area contributed by atoms with E-state index < -0.39 is 54.5 Å². The molecule has 0 aliphatic carbocycles. The van der Waals surface area contributed by atoms with Gasteiger partial charge in [0, 0.05) is 35.4 Å². The highest BCUT2D eigenvalue weighted by molar-refractivity contribution is 5.94. The smallest absolute Gasteiger partial charge is 0.326 e. The first kappa shape index (κ1) is 28.3. The molecular formula is C25H33N7O6. The number of aliphatic carboxylic acids is 1. The predicted octanol–water partition coefficient (Wildman–Crippen LogP) is -0.809. The van der Waals surface area contributed by atoms with Crippen LogP contribution in [0.2, 0.25) is 0 Å². The molecule has 4 unspecified atom stereocenters. The molecule has 2 aromatic heterocycles. The van der Waals surface area contributed by atoms with Gasteiger partial charge in [0.1, 0.15) is 18.1 Å². The second kappa shape index (κ2) is 12.8. The van der Waals surface area contributed by atoms with E-state index in [1.165, 1.54) is 12.5 Å². The van der Waals surface area contributed by atoms with Gasteiger partial charge < -0.3 is 41.9 Å². The number of carbonyl (C=O) groups excluding carboxylic acids is 3. The maximum Gasteiger partial charge on any atom is 0.326 e. The van der Waals surface area contributed by atoms with Crippen molar-refractivity contribution in [3.05, 3.63) is 54.2 Å². The van der Waals surface area contributed by atoms with Gasteiger partial charge in [-0.25, -0.2) is 9.78 Å². The van der Waals surface area contributed by atoms with E-state index in [1.807, 2.05) is 24.3 Å². The molecule has 3 rings (SSSR count). The summed E-state index contributed by atoms with van der Waals surface area (Å²) >= 11 is 0. The van der Waals surface area contributed by atoms with Crippen molar-refractivity contribution in [2.45, 2.75) is 50.9 Å². The summed E-state index contributed by atoms with van der Waals surface area (Å²) in [5.74, 6) is -3.85. The molecule has 0 spiro atoms. The van der Waals surface area contributed by atoms with Gasteiger partial charge in [-0.2, -0.15) is 0 Å². The van der Waals surface area contributed by atoms with Crippen LogP contribution in [0.5, 0.6) is 0 Å². The highest BCUT2D eigenvalue weighted by Crippen LogP contribution is 2.19. The van der Waals surface area contributed by atoms with Gasteiger partial charge in [-0.3, -0.25) is 14.4 Å². The van der Waals surface area contributed by atoms with E-state index in [2.05, 4.69) is 30.9 Å². The van der Waals surface area contributed by atoms with Crippen LogP contribution in [0, 0.1) is 5.92 Å². The van der Waals surface area contributed by atoms with Crippen LogP contribution in [0.3, 0.4) is 0 Å². The minimum atomic E-state index is -1.44. The summed E-state index contributed by atoms with van der Waals surface area (Å²) in [6.45, 7) is 2.62. The molecule has 204 valence electrons. The molecule has 1 aromatic carbocycles. The van der Waals surface area contributed by atoms with E-state index in [9.17, 15) is 29.4 Å². The van der Waals surface area contributed by atoms with Crippen molar-refractivity contribution in [3.8, 4) is 0 Å². The number of aromatic amines is 2. The van der Waals surface area contributed by atoms with E-state index >= 15 is 0 Å². The number of imidazole rings is 1. The Morgan fingerprint density at radius 1 is 0.974 bits per heavy atom. The van der Waals surface area contributed by atoms with Crippen molar-refractivity contribution in [2.75, 3.05) is 6.61 Å². The first-order valence-electron chi connectivity index (χ1n) is 12.1. The Balaban J connectivity index is 1.61. The van der Waals surface area contributed by atoms with Gasteiger partial charge >= 0.3 is 5.97 Å². The lowest BCUT2D eigenvalue weighted by atomic mass is 10.0. The number of carbonyl (C=O) groups is 4. The van der Waals surface area contributed by atoms with Crippen LogP contribution in [0.4, 0.5) is 0 Å². The third-order valence-electron chi connectivity index (χ3n) is 6.11. The Hall–Kier alpha value is -4.23. The Morgan fingerprint density at radius 2 is 1.68 bits per heavy atom. The fourth-order valence-electron chi connectivity index (χ4n) is 3.97. The molecule has 0 aliphatic rings. The van der Waals surface area contributed by atoms with Crippen LogP contribution in [0.1, 0.15) is 25.1 Å². The van der Waals surface area contributed by atoms with E-state index in [0.29, 0.717) is 5.69 Å². The Morgan fingerprint density at radius 3 is 2.32 bits per heavy atom. The summed E-state index contributed by atoms with van der Waals surface area (Å²) in [4.78, 5) is 59.8. The molecule has 0 aliphatic heterocycles. The molecule has 2 heterocycles. The molecular weight excluding hydrogens is 494 g/mol. The first-order valence-corrected chi connectivity index (χ1v) is 12.1. The molecule has 0 bridgehead atoms. The van der Waals surface area contributed by atoms with E-state index in [0.717, 1.165) is 16.5 Å². The number of carboxylic acids is 1. The zero-order chi connectivity index (χ0) is 27.8. The van der Waals surface area contributed by atoms with Gasteiger partial charge in [0.2, 0.25) is 17.7 Å². The number of nitrogens with zero attached hydrogens (tertiary/aromatic N) is 1. The number of aliphatic hydroxyl groups is 1. The van der Waals surface area contributed by atoms with Crippen LogP contribution in [0.25, 0.3) is 10.9 Å². The first-order chi connectivity index (χ1) is 18.1. The number of benzene rings is 1. The standard InChI is InChI=1S/C25H33N7O6/c1-13(2)21(32-22(34)17(26)7-14-9-28-18-6-4-3-5-16(14)18)24(36)31-20(11-33)23(35)30-19(25(37)38)8-15-10-27-12-29-15/h3-6,9-10,12-13,17,19-21,28,33H,7-8,11,26H2,1-2H3,(H,27,29)(H,30,35)(H,31,36)(H,32,34)(H,37,38). The van der Waals surface area contributed by atoms with Crippen LogP contribution in [-0.2, 0) is 32.0 Å². The summed E-state index contributed by atoms with van der Waals surface area (Å²) < 4.78 is 0. The lowest BCUT2D eigenvalue weighted by Gasteiger charge is -2.26. The number of nitrogens with one attached hydrogen (secondary N) is 5. The number of rotatable bonds is 13. The maximum atomic E-state index is 13.0. The maximum absolute atomic E-state index is 13.0. The average molecular weight is 528 g/mol. The molecule has 0 radical (unpaired) electrons. The number of aliphatic hydroxyl groups excluding tert-OH is 1. The number of amides is 3. The molecule has 0 saturated carbocycles. The number of carboxylic acid groups (broad SMARTS) is 1. The van der Waals surface area contributed by atoms with Gasteiger partial charge in [0.15, 0.2) is 0 Å². The van der Waals surface area contributed by atoms with E-state index in [4.69, 9.17) is 5.73 Å². The molecule has 13 heteroatoms. The van der Waals surface area contributed by atoms with Crippen molar-refractivity contribution in [3.63, 3.8) is 0 Å². The van der Waals surface area contributed by atoms with Gasteiger partial charge in [-0.15, -0.1) is 0 Å².